The highest BCUT2D eigenvalue weighted by Gasteiger charge is 2.33. The number of aromatic nitrogens is 1. The first-order valence-corrected chi connectivity index (χ1v) is 20.0. The number of nitrogens with zero attached hydrogens (tertiary/aromatic N) is 2. The van der Waals surface area contributed by atoms with Gasteiger partial charge >= 0.3 is 24.5 Å². The van der Waals surface area contributed by atoms with E-state index < -0.39 is 83.0 Å². The highest BCUT2D eigenvalue weighted by atomic mass is 19.4. The zero-order chi connectivity index (χ0) is 46.5. The minimum atomic E-state index is -4.56. The molecule has 6 amide bonds. The van der Waals surface area contributed by atoms with E-state index in [9.17, 15) is 41.9 Å². The van der Waals surface area contributed by atoms with E-state index in [4.69, 9.17) is 14.2 Å². The Morgan fingerprint density at radius 1 is 0.677 bits per heavy atom. The monoisotopic (exact) mass is 873 g/mol. The van der Waals surface area contributed by atoms with E-state index in [0.717, 1.165) is 12.1 Å². The molecule has 1 heterocycles. The molecule has 0 aliphatic carbocycles. The summed E-state index contributed by atoms with van der Waals surface area (Å²) in [5, 5.41) is 13.6. The van der Waals surface area contributed by atoms with Gasteiger partial charge in [0.15, 0.2) is 0 Å². The molecule has 0 saturated heterocycles. The number of benzene rings is 2. The van der Waals surface area contributed by atoms with Gasteiger partial charge in [-0.05, 0) is 117 Å². The molecule has 0 spiro atoms. The maximum absolute atomic E-state index is 14.2. The third-order valence-corrected chi connectivity index (χ3v) is 8.35. The predicted octanol–water partition coefficient (Wildman–Crippen LogP) is 6.47. The van der Waals surface area contributed by atoms with Crippen LogP contribution in [0.2, 0.25) is 0 Å². The van der Waals surface area contributed by atoms with E-state index >= 15 is 0 Å². The van der Waals surface area contributed by atoms with Gasteiger partial charge in [-0.25, -0.2) is 14.4 Å². The number of alkyl halides is 3. The second kappa shape index (κ2) is 21.6. The van der Waals surface area contributed by atoms with Crippen LogP contribution in [0.3, 0.4) is 0 Å². The molecule has 0 fully saturated rings. The van der Waals surface area contributed by atoms with Crippen LogP contribution in [-0.2, 0) is 41.2 Å². The van der Waals surface area contributed by atoms with Crippen molar-refractivity contribution in [2.24, 2.45) is 0 Å². The Labute approximate surface area is 359 Å². The lowest BCUT2D eigenvalue weighted by Gasteiger charge is -2.28. The van der Waals surface area contributed by atoms with Gasteiger partial charge in [0.25, 0.3) is 0 Å². The highest BCUT2D eigenvalue weighted by Crippen LogP contribution is 2.29. The number of alkyl carbamates (subject to hydrolysis) is 3. The lowest BCUT2D eigenvalue weighted by atomic mass is 10.0. The van der Waals surface area contributed by atoms with Crippen LogP contribution >= 0.6 is 0 Å². The number of rotatable bonds is 16. The fraction of sp³-hybridized carbons (Fsp3) is 0.512. The maximum atomic E-state index is 14.2. The second-order valence-electron chi connectivity index (χ2n) is 17.3. The summed E-state index contributed by atoms with van der Waals surface area (Å²) < 4.78 is 55.7. The third kappa shape index (κ3) is 18.6. The van der Waals surface area contributed by atoms with Crippen LogP contribution in [-0.4, -0.2) is 101 Å². The van der Waals surface area contributed by atoms with Gasteiger partial charge in [0, 0.05) is 43.4 Å². The number of hydrogen-bond donors (Lipinski definition) is 5. The Morgan fingerprint density at radius 2 is 1.23 bits per heavy atom. The Bertz CT molecular complexity index is 1990. The van der Waals surface area contributed by atoms with Crippen molar-refractivity contribution in [3.63, 3.8) is 0 Å². The van der Waals surface area contributed by atoms with Gasteiger partial charge in [-0.15, -0.1) is 0 Å². The van der Waals surface area contributed by atoms with Crippen LogP contribution in [0.15, 0.2) is 60.8 Å². The molecular formula is C43H58F3N7O9. The molecule has 0 aliphatic heterocycles. The molecule has 340 valence electrons. The highest BCUT2D eigenvalue weighted by molar-refractivity contribution is 6.00. The van der Waals surface area contributed by atoms with Crippen molar-refractivity contribution in [2.75, 3.05) is 31.5 Å². The summed E-state index contributed by atoms with van der Waals surface area (Å²) in [6.45, 7) is 14.4. The largest absolute Gasteiger partial charge is 0.444 e. The number of aryl methyl sites for hydroxylation is 1. The number of fused-ring (bicyclic) bond motifs is 1. The van der Waals surface area contributed by atoms with Gasteiger partial charge in [0.1, 0.15) is 28.9 Å². The lowest BCUT2D eigenvalue weighted by Crippen LogP contribution is -2.55. The van der Waals surface area contributed by atoms with Crippen molar-refractivity contribution < 1.29 is 56.1 Å². The number of carbonyl (C=O) groups is 6. The third-order valence-electron chi connectivity index (χ3n) is 8.35. The first-order valence-electron chi connectivity index (χ1n) is 20.0. The Morgan fingerprint density at radius 3 is 1.76 bits per heavy atom. The molecule has 2 atom stereocenters. The number of ether oxygens (including phenoxy) is 3. The zero-order valence-corrected chi connectivity index (χ0v) is 36.6. The molecule has 62 heavy (non-hydrogen) atoms. The van der Waals surface area contributed by atoms with Crippen molar-refractivity contribution in [1.82, 2.24) is 31.2 Å². The minimum Gasteiger partial charge on any atom is -0.444 e. The Kier molecular flexibility index (Phi) is 17.5. The Hall–Kier alpha value is -6.14. The van der Waals surface area contributed by atoms with E-state index in [1.54, 1.807) is 98.8 Å². The van der Waals surface area contributed by atoms with Gasteiger partial charge in [-0.2, -0.15) is 13.2 Å². The smallest absolute Gasteiger partial charge is 0.416 e. The molecule has 5 N–H and O–H groups in total. The summed E-state index contributed by atoms with van der Waals surface area (Å²) >= 11 is 0. The van der Waals surface area contributed by atoms with E-state index in [2.05, 4.69) is 31.6 Å². The maximum Gasteiger partial charge on any atom is 0.416 e. The first-order chi connectivity index (χ1) is 28.7. The van der Waals surface area contributed by atoms with Crippen LogP contribution in [0, 0.1) is 0 Å². The summed E-state index contributed by atoms with van der Waals surface area (Å²) in [7, 11) is 0. The molecule has 19 heteroatoms. The quantitative estimate of drug-likeness (QED) is 0.0992. The number of nitrogens with one attached hydrogen (secondary N) is 5. The lowest BCUT2D eigenvalue weighted by molar-refractivity contribution is -0.137. The average molecular weight is 874 g/mol. The predicted molar refractivity (Wildman–Crippen MR) is 225 cm³/mol. The molecule has 0 bridgehead atoms. The van der Waals surface area contributed by atoms with E-state index in [0.29, 0.717) is 22.2 Å². The number of halogens is 3. The summed E-state index contributed by atoms with van der Waals surface area (Å²) in [5.41, 5.74) is -2.01. The molecule has 3 rings (SSSR count). The molecule has 0 unspecified atom stereocenters. The second-order valence-corrected chi connectivity index (χ2v) is 17.3. The van der Waals surface area contributed by atoms with E-state index in [-0.39, 0.29) is 39.0 Å². The van der Waals surface area contributed by atoms with E-state index in [1.165, 1.54) is 17.0 Å². The van der Waals surface area contributed by atoms with Gasteiger partial charge in [-0.1, -0.05) is 18.2 Å². The Balaban J connectivity index is 1.91. The molecule has 3 aromatic rings. The summed E-state index contributed by atoms with van der Waals surface area (Å²) in [5.74, 6) is -2.36. The molecule has 0 saturated carbocycles. The fourth-order valence-corrected chi connectivity index (χ4v) is 5.63. The van der Waals surface area contributed by atoms with Crippen LogP contribution in [0.25, 0.3) is 10.9 Å². The van der Waals surface area contributed by atoms with Crippen LogP contribution in [0.1, 0.15) is 86.3 Å². The van der Waals surface area contributed by atoms with Gasteiger partial charge in [0.2, 0.25) is 17.7 Å². The summed E-state index contributed by atoms with van der Waals surface area (Å²) in [6, 6.07) is 9.87. The van der Waals surface area contributed by atoms with Crippen molar-refractivity contribution in [3.05, 3.63) is 71.9 Å². The van der Waals surface area contributed by atoms with Crippen LogP contribution in [0.5, 0.6) is 0 Å². The van der Waals surface area contributed by atoms with E-state index in [1.807, 2.05) is 0 Å². The summed E-state index contributed by atoms with van der Waals surface area (Å²) in [4.78, 5) is 85.4. The SMILES string of the molecule is CC(C)(C)OC(=O)NCCN(CCNC(=O)OC(C)(C)C)C(=O)C[C@H](NC(=O)OC(C)(C)C)C(=O)N[C@H](CCc1ccc(C(F)(F)F)cc1)C(=O)Nc1ccc2ncccc2c1. The molecule has 2 aromatic carbocycles. The number of pyridine rings is 1. The molecule has 1 aromatic heterocycles. The van der Waals surface area contributed by atoms with Crippen molar-refractivity contribution >= 4 is 52.6 Å². The van der Waals surface area contributed by atoms with Crippen LogP contribution < -0.4 is 26.6 Å². The van der Waals surface area contributed by atoms with Crippen LogP contribution in [0.4, 0.5) is 33.2 Å². The first kappa shape index (κ1) is 50.2. The number of hydrogen-bond acceptors (Lipinski definition) is 10. The minimum absolute atomic E-state index is 0.0459. The van der Waals surface area contributed by atoms with Gasteiger partial charge < -0.3 is 45.7 Å². The normalized spacial score (nSPS) is 12.9. The molecular weight excluding hydrogens is 816 g/mol. The zero-order valence-electron chi connectivity index (χ0n) is 36.6. The fourth-order valence-electron chi connectivity index (χ4n) is 5.63. The molecule has 0 radical (unpaired) electrons. The van der Waals surface area contributed by atoms with Crippen molar-refractivity contribution in [3.8, 4) is 0 Å². The van der Waals surface area contributed by atoms with Gasteiger partial charge in [0.05, 0.1) is 17.5 Å². The molecule has 0 aliphatic rings. The van der Waals surface area contributed by atoms with Crippen molar-refractivity contribution in [2.45, 2.75) is 117 Å². The number of amides is 6. The summed E-state index contributed by atoms with van der Waals surface area (Å²) in [6.07, 6.45) is -6.23. The average Bonchev–Trinajstić information content (AvgIpc) is 3.13. The number of anilines is 1. The molecule has 16 nitrogen and oxygen atoms in total. The van der Waals surface area contributed by atoms with Crippen molar-refractivity contribution in [1.29, 1.82) is 0 Å². The van der Waals surface area contributed by atoms with Gasteiger partial charge in [-0.3, -0.25) is 19.4 Å². The standard InChI is InChI=1S/C43H58F3N7O9/c1-40(2,3)60-37(57)48-21-23-53(24-22-49-38(58)61-41(4,5)6)34(54)26-33(52-39(59)62-42(7,8)9)36(56)51-32(18-14-27-12-15-29(16-13-27)43(44,45)46)35(55)50-30-17-19-31-28(25-30)11-10-20-47-31/h10-13,15-17,19-20,25,32-33H,14,18,21-24,26H2,1-9H3,(H,48,57)(H,49,58)(H,50,55)(H,51,56)(H,52,59)/t32-,33+/m1/s1. The topological polar surface area (TPSA) is 206 Å². The number of carbonyl (C=O) groups excluding carboxylic acids is 6.